The molecule has 2 rings (SSSR count). The summed E-state index contributed by atoms with van der Waals surface area (Å²) in [5.41, 5.74) is 7.36. The Bertz CT molecular complexity index is 902. The van der Waals surface area contributed by atoms with E-state index in [1.165, 1.54) is 22.3 Å². The fourth-order valence-corrected chi connectivity index (χ4v) is 3.94. The highest BCUT2D eigenvalue weighted by Gasteiger charge is 2.28. The van der Waals surface area contributed by atoms with Gasteiger partial charge in [0.1, 0.15) is 5.75 Å². The van der Waals surface area contributed by atoms with E-state index in [1.807, 2.05) is 0 Å². The van der Waals surface area contributed by atoms with E-state index in [1.54, 1.807) is 0 Å². The average Bonchev–Trinajstić information content (AvgIpc) is 2.57. The second kappa shape index (κ2) is 7.98. The number of aromatic hydroxyl groups is 1. The minimum atomic E-state index is -0.121. The van der Waals surface area contributed by atoms with Crippen LogP contribution in [0.4, 0.5) is 0 Å². The molecule has 0 fully saturated rings. The van der Waals surface area contributed by atoms with Crippen molar-refractivity contribution in [2.24, 2.45) is 0 Å². The third kappa shape index (κ3) is 5.73. The van der Waals surface area contributed by atoms with E-state index in [0.29, 0.717) is 5.75 Å². The Balaban J connectivity index is 2.81. The molecule has 0 spiro atoms. The van der Waals surface area contributed by atoms with Crippen molar-refractivity contribution < 1.29 is 5.11 Å². The number of phenols is 1. The second-order valence-electron chi connectivity index (χ2n) is 13.5. The lowest BCUT2D eigenvalue weighted by atomic mass is 9.75. The van der Waals surface area contributed by atoms with Crippen molar-refractivity contribution in [3.63, 3.8) is 0 Å². The highest BCUT2D eigenvalue weighted by atomic mass is 16.3. The molecule has 172 valence electrons. The number of benzene rings is 2. The van der Waals surface area contributed by atoms with Crippen LogP contribution < -0.4 is 0 Å². The summed E-state index contributed by atoms with van der Waals surface area (Å²) in [5, 5.41) is 11.4. The Morgan fingerprint density at radius 1 is 0.548 bits per heavy atom. The van der Waals surface area contributed by atoms with Gasteiger partial charge in [-0.25, -0.2) is 0 Å². The molecular formula is C30H46O. The summed E-state index contributed by atoms with van der Waals surface area (Å²) in [6.45, 7) is 29.2. The minimum Gasteiger partial charge on any atom is -0.507 e. The summed E-state index contributed by atoms with van der Waals surface area (Å²) in [5.74, 6) is 0.554. The molecule has 0 radical (unpaired) electrons. The van der Waals surface area contributed by atoms with E-state index >= 15 is 0 Å². The van der Waals surface area contributed by atoms with Crippen LogP contribution in [-0.4, -0.2) is 5.11 Å². The molecule has 1 nitrogen and oxygen atoms in total. The predicted octanol–water partition coefficient (Wildman–Crippen LogP) is 8.73. The van der Waals surface area contributed by atoms with E-state index in [4.69, 9.17) is 0 Å². The van der Waals surface area contributed by atoms with Gasteiger partial charge in [0.25, 0.3) is 0 Å². The van der Waals surface area contributed by atoms with Gasteiger partial charge in [-0.2, -0.15) is 0 Å². The van der Waals surface area contributed by atoms with Gasteiger partial charge in [-0.1, -0.05) is 120 Å². The van der Waals surface area contributed by atoms with Crippen LogP contribution in [0.1, 0.15) is 129 Å². The first-order valence-electron chi connectivity index (χ1n) is 11.8. The quantitative estimate of drug-likeness (QED) is 0.513. The fourth-order valence-electron chi connectivity index (χ4n) is 3.94. The third-order valence-corrected chi connectivity index (χ3v) is 6.47. The number of hydrogen-bond acceptors (Lipinski definition) is 1. The minimum absolute atomic E-state index is 0.0198. The van der Waals surface area contributed by atoms with Crippen LogP contribution in [0.5, 0.6) is 5.75 Å². The Morgan fingerprint density at radius 2 is 0.935 bits per heavy atom. The zero-order valence-electron chi connectivity index (χ0n) is 22.4. The molecule has 1 heteroatoms. The largest absolute Gasteiger partial charge is 0.507 e. The van der Waals surface area contributed by atoms with Crippen LogP contribution >= 0.6 is 0 Å². The molecule has 0 aliphatic carbocycles. The molecule has 31 heavy (non-hydrogen) atoms. The Labute approximate surface area is 192 Å². The number of rotatable bonds is 2. The van der Waals surface area contributed by atoms with Crippen LogP contribution in [0.25, 0.3) is 0 Å². The molecule has 1 N–H and O–H groups in total. The van der Waals surface area contributed by atoms with Crippen molar-refractivity contribution in [3.8, 4) is 5.75 Å². The van der Waals surface area contributed by atoms with E-state index in [-0.39, 0.29) is 27.6 Å². The molecule has 0 amide bonds. The van der Waals surface area contributed by atoms with Gasteiger partial charge in [0.2, 0.25) is 0 Å². The molecule has 2 aromatic carbocycles. The molecule has 2 aromatic rings. The molecule has 0 saturated carbocycles. The van der Waals surface area contributed by atoms with Gasteiger partial charge >= 0.3 is 0 Å². The van der Waals surface area contributed by atoms with E-state index < -0.39 is 0 Å². The highest BCUT2D eigenvalue weighted by molar-refractivity contribution is 5.53. The van der Waals surface area contributed by atoms with Gasteiger partial charge in [-0.3, -0.25) is 0 Å². The number of hydrogen-bond donors (Lipinski definition) is 1. The zero-order valence-corrected chi connectivity index (χ0v) is 22.4. The van der Waals surface area contributed by atoms with Crippen molar-refractivity contribution >= 4 is 0 Å². The van der Waals surface area contributed by atoms with Crippen LogP contribution in [0.15, 0.2) is 30.3 Å². The topological polar surface area (TPSA) is 20.2 Å². The molecule has 0 saturated heterocycles. The van der Waals surface area contributed by atoms with Crippen LogP contribution in [0, 0.1) is 0 Å². The maximum atomic E-state index is 11.4. The maximum Gasteiger partial charge on any atom is 0.123 e. The molecule has 0 aliphatic rings. The standard InChI is InChI=1S/C30H46O/c1-19(20-14-21(27(2,3)4)16-22(15-20)28(5,6)7)24-17-23(29(8,9)10)18-25(26(24)31)30(11,12)13/h14-19,31H,1-13H3. The fraction of sp³-hybridized carbons (Fsp3) is 0.600. The first kappa shape index (κ1) is 25.5. The van der Waals surface area contributed by atoms with E-state index in [0.717, 1.165) is 11.1 Å². The summed E-state index contributed by atoms with van der Waals surface area (Å²) in [6, 6.07) is 11.5. The van der Waals surface area contributed by atoms with Gasteiger partial charge in [-0.15, -0.1) is 0 Å². The summed E-state index contributed by atoms with van der Waals surface area (Å²) < 4.78 is 0. The Hall–Kier alpha value is -1.76. The summed E-state index contributed by atoms with van der Waals surface area (Å²) in [4.78, 5) is 0. The highest BCUT2D eigenvalue weighted by Crippen LogP contribution is 2.43. The zero-order chi connectivity index (χ0) is 24.2. The molecule has 0 heterocycles. The molecule has 0 aromatic heterocycles. The monoisotopic (exact) mass is 422 g/mol. The van der Waals surface area contributed by atoms with E-state index in [2.05, 4.69) is 120 Å². The van der Waals surface area contributed by atoms with Gasteiger partial charge in [0, 0.05) is 11.5 Å². The first-order chi connectivity index (χ1) is 13.7. The van der Waals surface area contributed by atoms with Crippen molar-refractivity contribution in [3.05, 3.63) is 63.7 Å². The lowest BCUT2D eigenvalue weighted by Crippen LogP contribution is -2.19. The smallest absolute Gasteiger partial charge is 0.123 e. The summed E-state index contributed by atoms with van der Waals surface area (Å²) >= 11 is 0. The van der Waals surface area contributed by atoms with Crippen molar-refractivity contribution in [2.45, 2.75) is 118 Å². The molecular weight excluding hydrogens is 376 g/mol. The first-order valence-corrected chi connectivity index (χ1v) is 11.8. The maximum absolute atomic E-state index is 11.4. The molecule has 1 atom stereocenters. The van der Waals surface area contributed by atoms with Crippen molar-refractivity contribution in [1.29, 1.82) is 0 Å². The van der Waals surface area contributed by atoms with Crippen LogP contribution in [-0.2, 0) is 21.7 Å². The van der Waals surface area contributed by atoms with Crippen LogP contribution in [0.3, 0.4) is 0 Å². The molecule has 0 aliphatic heterocycles. The molecule has 1 unspecified atom stereocenters. The summed E-state index contributed by atoms with van der Waals surface area (Å²) in [7, 11) is 0. The van der Waals surface area contributed by atoms with E-state index in [9.17, 15) is 5.11 Å². The predicted molar refractivity (Wildman–Crippen MR) is 137 cm³/mol. The lowest BCUT2D eigenvalue weighted by Gasteiger charge is -2.30. The summed E-state index contributed by atoms with van der Waals surface area (Å²) in [6.07, 6.45) is 0. The average molecular weight is 423 g/mol. The van der Waals surface area contributed by atoms with Gasteiger partial charge < -0.3 is 5.11 Å². The second-order valence-corrected chi connectivity index (χ2v) is 13.5. The van der Waals surface area contributed by atoms with Crippen LogP contribution in [0.2, 0.25) is 0 Å². The normalized spacial score (nSPS) is 14.6. The Kier molecular flexibility index (Phi) is 6.57. The van der Waals surface area contributed by atoms with Crippen molar-refractivity contribution in [2.75, 3.05) is 0 Å². The molecule has 0 bridgehead atoms. The third-order valence-electron chi connectivity index (χ3n) is 6.47. The van der Waals surface area contributed by atoms with Gasteiger partial charge in [0.05, 0.1) is 0 Å². The van der Waals surface area contributed by atoms with Gasteiger partial charge in [-0.05, 0) is 49.5 Å². The SMILES string of the molecule is CC(c1cc(C(C)(C)C)cc(C(C)(C)C)c1)c1cc(C(C)(C)C)cc(C(C)(C)C)c1O. The number of phenolic OH excluding ortho intramolecular Hbond substituents is 1. The van der Waals surface area contributed by atoms with Gasteiger partial charge in [0.15, 0.2) is 0 Å². The Morgan fingerprint density at radius 3 is 1.29 bits per heavy atom. The van der Waals surface area contributed by atoms with Crippen molar-refractivity contribution in [1.82, 2.24) is 0 Å². The lowest BCUT2D eigenvalue weighted by molar-refractivity contribution is 0.436.